The Kier molecular flexibility index (Phi) is 7.68. The third kappa shape index (κ3) is 5.26. The number of carbonyl (C=O) groups is 1. The summed E-state index contributed by atoms with van der Waals surface area (Å²) in [5.41, 5.74) is 2.10. The van der Waals surface area contributed by atoms with Gasteiger partial charge in [-0.3, -0.25) is 0 Å². The fourth-order valence-electron chi connectivity index (χ4n) is 3.49. The van der Waals surface area contributed by atoms with Gasteiger partial charge in [0.15, 0.2) is 11.5 Å². The van der Waals surface area contributed by atoms with Crippen LogP contribution in [0.15, 0.2) is 52.7 Å². The SMILES string of the molecule is COc1cccc(-c2nc(COC(=O)c3ccccc3SCC3CCCO3)cs2)c1OC. The summed E-state index contributed by atoms with van der Waals surface area (Å²) in [5, 5.41) is 2.67. The number of esters is 1. The number of aromatic nitrogens is 1. The lowest BCUT2D eigenvalue weighted by molar-refractivity contribution is 0.0464. The smallest absolute Gasteiger partial charge is 0.339 e. The van der Waals surface area contributed by atoms with E-state index in [4.69, 9.17) is 18.9 Å². The Bertz CT molecular complexity index is 1060. The van der Waals surface area contributed by atoms with Crippen molar-refractivity contribution in [1.29, 1.82) is 0 Å². The number of carbonyl (C=O) groups excluding carboxylic acids is 1. The van der Waals surface area contributed by atoms with Gasteiger partial charge in [0.2, 0.25) is 0 Å². The van der Waals surface area contributed by atoms with Gasteiger partial charge in [0.05, 0.1) is 37.1 Å². The zero-order valence-electron chi connectivity index (χ0n) is 18.0. The van der Waals surface area contributed by atoms with Crippen LogP contribution >= 0.6 is 23.1 Å². The van der Waals surface area contributed by atoms with Crippen molar-refractivity contribution in [3.8, 4) is 22.1 Å². The maximum absolute atomic E-state index is 12.8. The molecule has 1 aliphatic heterocycles. The molecule has 1 fully saturated rings. The van der Waals surface area contributed by atoms with Gasteiger partial charge in [0, 0.05) is 22.6 Å². The summed E-state index contributed by atoms with van der Waals surface area (Å²) in [7, 11) is 3.21. The van der Waals surface area contributed by atoms with E-state index in [1.807, 2.05) is 41.8 Å². The van der Waals surface area contributed by atoms with Crippen molar-refractivity contribution < 1.29 is 23.7 Å². The molecule has 168 valence electrons. The highest BCUT2D eigenvalue weighted by molar-refractivity contribution is 7.99. The quantitative estimate of drug-likeness (QED) is 0.303. The summed E-state index contributed by atoms with van der Waals surface area (Å²) in [5.74, 6) is 1.76. The predicted molar refractivity (Wildman–Crippen MR) is 126 cm³/mol. The summed E-state index contributed by atoms with van der Waals surface area (Å²) in [6, 6.07) is 13.2. The minimum Gasteiger partial charge on any atom is -0.493 e. The highest BCUT2D eigenvalue weighted by Gasteiger charge is 2.19. The van der Waals surface area contributed by atoms with Crippen LogP contribution in [0.2, 0.25) is 0 Å². The van der Waals surface area contributed by atoms with Crippen LogP contribution in [0.5, 0.6) is 11.5 Å². The normalized spacial score (nSPS) is 15.5. The van der Waals surface area contributed by atoms with Crippen molar-refractivity contribution in [3.05, 3.63) is 59.1 Å². The number of rotatable bonds is 9. The Morgan fingerprint density at radius 2 is 2.06 bits per heavy atom. The van der Waals surface area contributed by atoms with E-state index in [1.165, 1.54) is 11.3 Å². The molecule has 1 unspecified atom stereocenters. The van der Waals surface area contributed by atoms with E-state index < -0.39 is 0 Å². The lowest BCUT2D eigenvalue weighted by Gasteiger charge is -2.12. The summed E-state index contributed by atoms with van der Waals surface area (Å²) in [6.07, 6.45) is 2.43. The van der Waals surface area contributed by atoms with E-state index in [1.54, 1.807) is 32.0 Å². The summed E-state index contributed by atoms with van der Waals surface area (Å²) in [4.78, 5) is 18.3. The van der Waals surface area contributed by atoms with Gasteiger partial charge in [-0.1, -0.05) is 18.2 Å². The first kappa shape index (κ1) is 22.6. The molecule has 0 spiro atoms. The van der Waals surface area contributed by atoms with Gasteiger partial charge in [-0.05, 0) is 37.1 Å². The number of hydrogen-bond donors (Lipinski definition) is 0. The number of thioether (sulfide) groups is 1. The molecule has 32 heavy (non-hydrogen) atoms. The molecule has 2 aromatic carbocycles. The number of ether oxygens (including phenoxy) is 4. The monoisotopic (exact) mass is 471 g/mol. The van der Waals surface area contributed by atoms with Gasteiger partial charge in [-0.15, -0.1) is 23.1 Å². The van der Waals surface area contributed by atoms with Crippen molar-refractivity contribution >= 4 is 29.1 Å². The molecule has 0 radical (unpaired) electrons. The Labute approximate surface area is 195 Å². The highest BCUT2D eigenvalue weighted by atomic mass is 32.2. The first-order valence-electron chi connectivity index (χ1n) is 10.4. The van der Waals surface area contributed by atoms with Crippen LogP contribution in [0, 0.1) is 0 Å². The fraction of sp³-hybridized carbons (Fsp3) is 0.333. The van der Waals surface area contributed by atoms with Crippen molar-refractivity contribution in [3.63, 3.8) is 0 Å². The highest BCUT2D eigenvalue weighted by Crippen LogP contribution is 2.39. The number of methoxy groups -OCH3 is 2. The molecule has 0 N–H and O–H groups in total. The first-order valence-corrected chi connectivity index (χ1v) is 12.2. The van der Waals surface area contributed by atoms with Crippen molar-refractivity contribution in [2.45, 2.75) is 30.4 Å². The lowest BCUT2D eigenvalue weighted by Crippen LogP contribution is -2.10. The average Bonchev–Trinajstić information content (AvgIpc) is 3.53. The third-order valence-electron chi connectivity index (χ3n) is 5.09. The van der Waals surface area contributed by atoms with E-state index in [2.05, 4.69) is 4.98 Å². The van der Waals surface area contributed by atoms with Crippen LogP contribution in [0.4, 0.5) is 0 Å². The largest absolute Gasteiger partial charge is 0.493 e. The van der Waals surface area contributed by atoms with Crippen LogP contribution in [0.3, 0.4) is 0 Å². The molecule has 1 saturated heterocycles. The summed E-state index contributed by atoms with van der Waals surface area (Å²) < 4.78 is 22.1. The molecule has 0 saturated carbocycles. The maximum atomic E-state index is 12.8. The zero-order valence-corrected chi connectivity index (χ0v) is 19.7. The molecule has 3 aromatic rings. The molecule has 4 rings (SSSR count). The second-order valence-corrected chi connectivity index (χ2v) is 9.12. The van der Waals surface area contributed by atoms with Crippen LogP contribution in [0.25, 0.3) is 10.6 Å². The van der Waals surface area contributed by atoms with Gasteiger partial charge in [0.1, 0.15) is 11.6 Å². The molecule has 0 bridgehead atoms. The first-order chi connectivity index (χ1) is 15.7. The van der Waals surface area contributed by atoms with E-state index in [0.29, 0.717) is 22.8 Å². The van der Waals surface area contributed by atoms with Crippen molar-refractivity contribution in [1.82, 2.24) is 4.98 Å². The summed E-state index contributed by atoms with van der Waals surface area (Å²) in [6.45, 7) is 0.929. The molecule has 0 amide bonds. The molecule has 2 heterocycles. The zero-order chi connectivity index (χ0) is 22.3. The molecular formula is C24H25NO5S2. The van der Waals surface area contributed by atoms with Gasteiger partial charge in [-0.25, -0.2) is 9.78 Å². The van der Waals surface area contributed by atoms with E-state index in [9.17, 15) is 4.79 Å². The van der Waals surface area contributed by atoms with Gasteiger partial charge in [-0.2, -0.15) is 0 Å². The Balaban J connectivity index is 1.41. The molecule has 6 nitrogen and oxygen atoms in total. The number of benzene rings is 2. The standard InChI is InChI=1S/C24H25NO5S2/c1-27-20-10-5-9-19(22(20)28-2)23-25-16(14-32-23)13-30-24(26)18-8-3-4-11-21(18)31-15-17-7-6-12-29-17/h3-5,8-11,14,17H,6-7,12-13,15H2,1-2H3. The van der Waals surface area contributed by atoms with Crippen LogP contribution in [-0.2, 0) is 16.1 Å². The second kappa shape index (κ2) is 10.8. The van der Waals surface area contributed by atoms with E-state index in [-0.39, 0.29) is 18.7 Å². The number of nitrogens with zero attached hydrogens (tertiary/aromatic N) is 1. The minimum absolute atomic E-state index is 0.104. The molecule has 1 atom stereocenters. The van der Waals surface area contributed by atoms with E-state index in [0.717, 1.165) is 40.7 Å². The molecule has 1 aliphatic rings. The lowest BCUT2D eigenvalue weighted by atomic mass is 10.2. The summed E-state index contributed by atoms with van der Waals surface area (Å²) >= 11 is 3.11. The Hall–Kier alpha value is -2.55. The number of thiazole rings is 1. The molecule has 8 heteroatoms. The predicted octanol–water partition coefficient (Wildman–Crippen LogP) is 5.46. The molecular weight excluding hydrogens is 446 g/mol. The minimum atomic E-state index is -0.353. The fourth-order valence-corrected chi connectivity index (χ4v) is 5.43. The third-order valence-corrected chi connectivity index (χ3v) is 7.22. The maximum Gasteiger partial charge on any atom is 0.339 e. The average molecular weight is 472 g/mol. The van der Waals surface area contributed by atoms with Crippen LogP contribution < -0.4 is 9.47 Å². The van der Waals surface area contributed by atoms with Crippen LogP contribution in [-0.4, -0.2) is 43.6 Å². The van der Waals surface area contributed by atoms with Crippen LogP contribution in [0.1, 0.15) is 28.9 Å². The van der Waals surface area contributed by atoms with Crippen molar-refractivity contribution in [2.24, 2.45) is 0 Å². The van der Waals surface area contributed by atoms with Gasteiger partial charge >= 0.3 is 5.97 Å². The second-order valence-electron chi connectivity index (χ2n) is 7.20. The topological polar surface area (TPSA) is 66.9 Å². The van der Waals surface area contributed by atoms with Gasteiger partial charge in [0.25, 0.3) is 0 Å². The molecule has 0 aliphatic carbocycles. The number of hydrogen-bond acceptors (Lipinski definition) is 8. The Morgan fingerprint density at radius 1 is 1.19 bits per heavy atom. The van der Waals surface area contributed by atoms with E-state index >= 15 is 0 Å². The molecule has 1 aromatic heterocycles. The Morgan fingerprint density at radius 3 is 2.84 bits per heavy atom. The number of para-hydroxylation sites is 1. The van der Waals surface area contributed by atoms with Crippen molar-refractivity contribution in [2.75, 3.05) is 26.6 Å². The van der Waals surface area contributed by atoms with Gasteiger partial charge < -0.3 is 18.9 Å².